The molecule has 1 amide bonds. The lowest BCUT2D eigenvalue weighted by Crippen LogP contribution is -2.49. The summed E-state index contributed by atoms with van der Waals surface area (Å²) in [4.78, 5) is 22.6. The number of sulfonamides is 1. The molecule has 0 aliphatic carbocycles. The van der Waals surface area contributed by atoms with Crippen molar-refractivity contribution in [3.8, 4) is 0 Å². The summed E-state index contributed by atoms with van der Waals surface area (Å²) in [5.41, 5.74) is -0.180. The zero-order valence-corrected chi connectivity index (χ0v) is 16.9. The Labute approximate surface area is 161 Å². The molecule has 8 nitrogen and oxygen atoms in total. The molecule has 1 saturated heterocycles. The summed E-state index contributed by atoms with van der Waals surface area (Å²) in [6.45, 7) is 5.20. The Kier molecular flexibility index (Phi) is 6.54. The second-order valence-electron chi connectivity index (χ2n) is 6.03. The molecule has 2 unspecified atom stereocenters. The van der Waals surface area contributed by atoms with Crippen molar-refractivity contribution in [2.24, 2.45) is 0 Å². The van der Waals surface area contributed by atoms with Gasteiger partial charge in [0.05, 0.1) is 20.7 Å². The predicted molar refractivity (Wildman–Crippen MR) is 101 cm³/mol. The van der Waals surface area contributed by atoms with Crippen LogP contribution >= 0.6 is 23.4 Å². The highest BCUT2D eigenvalue weighted by Crippen LogP contribution is 2.34. The molecule has 1 heterocycles. The van der Waals surface area contributed by atoms with Crippen LogP contribution in [0.3, 0.4) is 0 Å². The van der Waals surface area contributed by atoms with Gasteiger partial charge in [-0.1, -0.05) is 18.5 Å². The van der Waals surface area contributed by atoms with Gasteiger partial charge in [-0.15, -0.1) is 11.8 Å². The largest absolute Gasteiger partial charge is 0.352 e. The number of carbonyl (C=O) groups is 1. The van der Waals surface area contributed by atoms with Gasteiger partial charge in [0.25, 0.3) is 5.69 Å². The van der Waals surface area contributed by atoms with Gasteiger partial charge in [-0.3, -0.25) is 14.9 Å². The number of amides is 1. The van der Waals surface area contributed by atoms with Gasteiger partial charge in [-0.25, -0.2) is 8.42 Å². The third kappa shape index (κ3) is 4.13. The predicted octanol–water partition coefficient (Wildman–Crippen LogP) is 2.53. The summed E-state index contributed by atoms with van der Waals surface area (Å²) in [6.07, 6.45) is 0.720. The number of halogens is 1. The van der Waals surface area contributed by atoms with Crippen LogP contribution in [0.4, 0.5) is 5.69 Å². The summed E-state index contributed by atoms with van der Waals surface area (Å²) in [5.74, 6) is 0.0456. The molecule has 1 N–H and O–H groups in total. The van der Waals surface area contributed by atoms with E-state index < -0.39 is 21.0 Å². The topological polar surface area (TPSA) is 110 Å². The minimum Gasteiger partial charge on any atom is -0.352 e. The molecule has 1 aliphatic rings. The maximum Gasteiger partial charge on any atom is 0.275 e. The van der Waals surface area contributed by atoms with E-state index in [-0.39, 0.29) is 39.0 Å². The van der Waals surface area contributed by atoms with Gasteiger partial charge in [-0.05, 0) is 26.3 Å². The minimum atomic E-state index is -4.11. The maximum absolute atomic E-state index is 13.0. The van der Waals surface area contributed by atoms with Gasteiger partial charge in [0.2, 0.25) is 15.9 Å². The summed E-state index contributed by atoms with van der Waals surface area (Å²) < 4.78 is 27.1. The number of rotatable bonds is 6. The third-order valence-corrected chi connectivity index (χ3v) is 7.64. The number of hydrogen-bond donors (Lipinski definition) is 1. The fourth-order valence-electron chi connectivity index (χ4n) is 2.43. The van der Waals surface area contributed by atoms with Crippen molar-refractivity contribution in [2.45, 2.75) is 44.2 Å². The molecule has 2 atom stereocenters. The highest BCUT2D eigenvalue weighted by molar-refractivity contribution is 8.00. The van der Waals surface area contributed by atoms with Crippen LogP contribution in [0.2, 0.25) is 5.02 Å². The average molecular weight is 422 g/mol. The first-order valence-electron chi connectivity index (χ1n) is 7.94. The minimum absolute atomic E-state index is 0.00904. The van der Waals surface area contributed by atoms with Crippen molar-refractivity contribution >= 4 is 45.0 Å². The molecular formula is C15H20ClN3O5S2. The molecule has 0 aromatic heterocycles. The van der Waals surface area contributed by atoms with Crippen LogP contribution in [0, 0.1) is 17.0 Å². The van der Waals surface area contributed by atoms with Gasteiger partial charge >= 0.3 is 0 Å². The maximum atomic E-state index is 13.0. The van der Waals surface area contributed by atoms with Crippen LogP contribution < -0.4 is 5.32 Å². The Bertz CT molecular complexity index is 831. The van der Waals surface area contributed by atoms with Crippen molar-refractivity contribution in [1.29, 1.82) is 0 Å². The van der Waals surface area contributed by atoms with Crippen LogP contribution in [-0.4, -0.2) is 47.3 Å². The van der Waals surface area contributed by atoms with E-state index in [1.807, 2.05) is 13.8 Å². The average Bonchev–Trinajstić information content (AvgIpc) is 3.07. The molecule has 144 valence electrons. The van der Waals surface area contributed by atoms with Gasteiger partial charge in [0.15, 0.2) is 0 Å². The van der Waals surface area contributed by atoms with Crippen molar-refractivity contribution in [3.05, 3.63) is 32.8 Å². The van der Waals surface area contributed by atoms with E-state index in [0.29, 0.717) is 5.75 Å². The van der Waals surface area contributed by atoms with Gasteiger partial charge in [-0.2, -0.15) is 4.31 Å². The number of nitrogens with zero attached hydrogens (tertiary/aromatic N) is 2. The van der Waals surface area contributed by atoms with Gasteiger partial charge < -0.3 is 5.32 Å². The summed E-state index contributed by atoms with van der Waals surface area (Å²) in [6, 6.07) is 1.24. The van der Waals surface area contributed by atoms with Crippen LogP contribution in [-0.2, 0) is 14.8 Å². The van der Waals surface area contributed by atoms with Crippen molar-refractivity contribution in [2.75, 3.05) is 11.6 Å². The second kappa shape index (κ2) is 8.12. The molecule has 0 radical (unpaired) electrons. The fourth-order valence-corrected chi connectivity index (χ4v) is 5.90. The monoisotopic (exact) mass is 421 g/mol. The van der Waals surface area contributed by atoms with E-state index in [1.165, 1.54) is 24.8 Å². The van der Waals surface area contributed by atoms with Crippen molar-refractivity contribution in [3.63, 3.8) is 0 Å². The molecule has 1 aromatic carbocycles. The quantitative estimate of drug-likeness (QED) is 0.558. The first-order valence-corrected chi connectivity index (χ1v) is 10.9. The highest BCUT2D eigenvalue weighted by atomic mass is 35.5. The lowest BCUT2D eigenvalue weighted by Gasteiger charge is -2.24. The van der Waals surface area contributed by atoms with Crippen molar-refractivity contribution < 1.29 is 18.1 Å². The highest BCUT2D eigenvalue weighted by Gasteiger charge is 2.41. The van der Waals surface area contributed by atoms with E-state index in [2.05, 4.69) is 5.32 Å². The van der Waals surface area contributed by atoms with Crippen molar-refractivity contribution in [1.82, 2.24) is 9.62 Å². The third-order valence-electron chi connectivity index (χ3n) is 4.24. The second-order valence-corrected chi connectivity index (χ2v) is 9.33. The smallest absolute Gasteiger partial charge is 0.275 e. The number of hydrogen-bond acceptors (Lipinski definition) is 6. The summed E-state index contributed by atoms with van der Waals surface area (Å²) >= 11 is 7.30. The molecule has 2 rings (SSSR count). The molecular weight excluding hydrogens is 402 g/mol. The first-order chi connectivity index (χ1) is 12.1. The Morgan fingerprint density at radius 3 is 2.77 bits per heavy atom. The molecule has 11 heteroatoms. The summed E-state index contributed by atoms with van der Waals surface area (Å²) in [7, 11) is -4.11. The number of benzene rings is 1. The van der Waals surface area contributed by atoms with Crippen LogP contribution in [0.1, 0.15) is 25.8 Å². The van der Waals surface area contributed by atoms with E-state index >= 15 is 0 Å². The Balaban J connectivity index is 2.40. The van der Waals surface area contributed by atoms with Gasteiger partial charge in [0, 0.05) is 23.4 Å². The standard InChI is InChI=1S/C15H20ClN3O5S2/c1-4-9(2)17-15(20)14-7-25-8-18(14)26(23,24)11-5-12(16)10(3)13(6-11)19(21)22/h5-6,9,14H,4,7-8H2,1-3H3,(H,17,20). The molecule has 1 aromatic rings. The lowest BCUT2D eigenvalue weighted by molar-refractivity contribution is -0.385. The normalized spacial score (nSPS) is 19.3. The fraction of sp³-hybridized carbons (Fsp3) is 0.533. The van der Waals surface area contributed by atoms with E-state index in [4.69, 9.17) is 11.6 Å². The summed E-state index contributed by atoms with van der Waals surface area (Å²) in [5, 5.41) is 13.9. The molecule has 0 saturated carbocycles. The Morgan fingerprint density at radius 1 is 1.54 bits per heavy atom. The molecule has 0 bridgehead atoms. The zero-order chi connectivity index (χ0) is 19.6. The number of nitrogens with one attached hydrogen (secondary N) is 1. The number of nitro benzene ring substituents is 1. The van der Waals surface area contributed by atoms with Crippen LogP contribution in [0.25, 0.3) is 0 Å². The Hall–Kier alpha value is -1.36. The van der Waals surface area contributed by atoms with Gasteiger partial charge in [0.1, 0.15) is 6.04 Å². The zero-order valence-electron chi connectivity index (χ0n) is 14.6. The molecule has 0 spiro atoms. The van der Waals surface area contributed by atoms with Crippen LogP contribution in [0.5, 0.6) is 0 Å². The lowest BCUT2D eigenvalue weighted by atomic mass is 10.2. The Morgan fingerprint density at radius 2 is 2.19 bits per heavy atom. The van der Waals surface area contributed by atoms with E-state index in [9.17, 15) is 23.3 Å². The van der Waals surface area contributed by atoms with E-state index in [1.54, 1.807) is 0 Å². The number of thioether (sulfide) groups is 1. The SMILES string of the molecule is CCC(C)NC(=O)C1CSCN1S(=O)(=O)c1cc(Cl)c(C)c([N+](=O)[O-])c1. The molecule has 26 heavy (non-hydrogen) atoms. The number of carbonyl (C=O) groups excluding carboxylic acids is 1. The molecule has 1 fully saturated rings. The molecule has 1 aliphatic heterocycles. The number of nitro groups is 1. The first kappa shape index (κ1) is 20.9. The van der Waals surface area contributed by atoms with E-state index in [0.717, 1.165) is 16.8 Å². The van der Waals surface area contributed by atoms with Crippen LogP contribution in [0.15, 0.2) is 17.0 Å².